The lowest BCUT2D eigenvalue weighted by molar-refractivity contribution is 0.0977. The largest absolute Gasteiger partial charge is 0.494 e. The van der Waals surface area contributed by atoms with E-state index in [-0.39, 0.29) is 11.0 Å². The topological polar surface area (TPSA) is 50.4 Å². The summed E-state index contributed by atoms with van der Waals surface area (Å²) in [5, 5.41) is 6.03. The predicted octanol–water partition coefficient (Wildman–Crippen LogP) is 5.51. The van der Waals surface area contributed by atoms with Gasteiger partial charge in [0.1, 0.15) is 5.75 Å². The fraction of sp³-hybridized carbons (Fsp3) is 0.364. The van der Waals surface area contributed by atoms with Crippen molar-refractivity contribution in [3.63, 3.8) is 0 Å². The van der Waals surface area contributed by atoms with E-state index in [9.17, 15) is 4.79 Å². The first-order valence-corrected chi connectivity index (χ1v) is 9.89. The standard InChI is InChI=1S/C22H28N2O2S/c1-4-6-15-26-20-13-9-18(10-14-20)21(25)24-22(27)23-19-11-7-17(8-12-19)16(3)5-2/h7-14,16H,4-6,15H2,1-3H3,(H2,23,24,25,27)/t16-/m0/s1. The Hall–Kier alpha value is -2.40. The van der Waals surface area contributed by atoms with E-state index in [1.54, 1.807) is 24.3 Å². The van der Waals surface area contributed by atoms with Crippen LogP contribution in [-0.2, 0) is 0 Å². The minimum absolute atomic E-state index is 0.246. The first kappa shape index (κ1) is 20.9. The number of unbranched alkanes of at least 4 members (excludes halogenated alkanes) is 1. The molecule has 0 bridgehead atoms. The van der Waals surface area contributed by atoms with E-state index in [2.05, 4.69) is 43.5 Å². The molecule has 2 aromatic rings. The van der Waals surface area contributed by atoms with Crippen LogP contribution < -0.4 is 15.4 Å². The number of ether oxygens (including phenoxy) is 1. The Bertz CT molecular complexity index is 742. The van der Waals surface area contributed by atoms with Crippen molar-refractivity contribution < 1.29 is 9.53 Å². The lowest BCUT2D eigenvalue weighted by Crippen LogP contribution is -2.34. The van der Waals surface area contributed by atoms with Crippen molar-refractivity contribution in [1.82, 2.24) is 5.32 Å². The van der Waals surface area contributed by atoms with Gasteiger partial charge in [-0.1, -0.05) is 39.3 Å². The van der Waals surface area contributed by atoms with Gasteiger partial charge in [-0.05, 0) is 72.9 Å². The maximum absolute atomic E-state index is 12.3. The van der Waals surface area contributed by atoms with Crippen LogP contribution in [0.25, 0.3) is 0 Å². The summed E-state index contributed by atoms with van der Waals surface area (Å²) in [6.45, 7) is 7.18. The summed E-state index contributed by atoms with van der Waals surface area (Å²) in [6, 6.07) is 15.2. The molecule has 0 saturated carbocycles. The molecule has 2 rings (SSSR count). The number of amides is 1. The van der Waals surface area contributed by atoms with Crippen molar-refractivity contribution in [2.45, 2.75) is 46.0 Å². The van der Waals surface area contributed by atoms with E-state index in [1.807, 2.05) is 12.1 Å². The fourth-order valence-electron chi connectivity index (χ4n) is 2.51. The molecule has 2 N–H and O–H groups in total. The highest BCUT2D eigenvalue weighted by atomic mass is 32.1. The average molecular weight is 385 g/mol. The molecule has 4 nitrogen and oxygen atoms in total. The monoisotopic (exact) mass is 384 g/mol. The molecule has 0 aliphatic heterocycles. The third kappa shape index (κ3) is 6.68. The highest BCUT2D eigenvalue weighted by molar-refractivity contribution is 7.80. The van der Waals surface area contributed by atoms with Gasteiger partial charge in [-0.25, -0.2) is 0 Å². The summed E-state index contributed by atoms with van der Waals surface area (Å²) in [7, 11) is 0. The first-order chi connectivity index (χ1) is 13.0. The molecule has 27 heavy (non-hydrogen) atoms. The van der Waals surface area contributed by atoms with Crippen molar-refractivity contribution in [3.8, 4) is 5.75 Å². The lowest BCUT2D eigenvalue weighted by atomic mass is 9.99. The van der Waals surface area contributed by atoms with Gasteiger partial charge in [0.2, 0.25) is 0 Å². The van der Waals surface area contributed by atoms with Crippen molar-refractivity contribution in [3.05, 3.63) is 59.7 Å². The van der Waals surface area contributed by atoms with Gasteiger partial charge in [-0.3, -0.25) is 10.1 Å². The molecular weight excluding hydrogens is 356 g/mol. The summed E-state index contributed by atoms with van der Waals surface area (Å²) in [4.78, 5) is 12.3. The molecule has 0 aliphatic carbocycles. The van der Waals surface area contributed by atoms with E-state index in [4.69, 9.17) is 17.0 Å². The zero-order valence-electron chi connectivity index (χ0n) is 16.2. The predicted molar refractivity (Wildman–Crippen MR) is 116 cm³/mol. The molecule has 1 atom stereocenters. The van der Waals surface area contributed by atoms with E-state index >= 15 is 0 Å². The molecule has 5 heteroatoms. The third-order valence-electron chi connectivity index (χ3n) is 4.46. The number of hydrogen-bond acceptors (Lipinski definition) is 3. The highest BCUT2D eigenvalue weighted by Gasteiger charge is 2.09. The smallest absolute Gasteiger partial charge is 0.257 e. The Labute approximate surface area is 167 Å². The molecule has 0 radical (unpaired) electrons. The second-order valence-corrected chi connectivity index (χ2v) is 6.97. The molecule has 0 unspecified atom stereocenters. The zero-order chi connectivity index (χ0) is 19.6. The van der Waals surface area contributed by atoms with Crippen LogP contribution in [0.4, 0.5) is 5.69 Å². The number of anilines is 1. The van der Waals surface area contributed by atoms with Crippen LogP contribution in [0.5, 0.6) is 5.75 Å². The van der Waals surface area contributed by atoms with Crippen LogP contribution in [0.15, 0.2) is 48.5 Å². The van der Waals surface area contributed by atoms with Gasteiger partial charge in [0.25, 0.3) is 5.91 Å². The first-order valence-electron chi connectivity index (χ1n) is 9.48. The Morgan fingerprint density at radius 2 is 1.74 bits per heavy atom. The van der Waals surface area contributed by atoms with E-state index in [1.165, 1.54) is 5.56 Å². The summed E-state index contributed by atoms with van der Waals surface area (Å²) in [6.07, 6.45) is 3.20. The Kier molecular flexibility index (Phi) is 8.27. The minimum atomic E-state index is -0.246. The number of carbonyl (C=O) groups is 1. The minimum Gasteiger partial charge on any atom is -0.494 e. The number of hydrogen-bond donors (Lipinski definition) is 2. The Morgan fingerprint density at radius 1 is 1.07 bits per heavy atom. The van der Waals surface area contributed by atoms with Crippen molar-refractivity contribution in [1.29, 1.82) is 0 Å². The fourth-order valence-corrected chi connectivity index (χ4v) is 2.72. The molecule has 0 aromatic heterocycles. The molecule has 0 spiro atoms. The van der Waals surface area contributed by atoms with Crippen LogP contribution in [0, 0.1) is 0 Å². The van der Waals surface area contributed by atoms with Crippen LogP contribution in [0.2, 0.25) is 0 Å². The zero-order valence-corrected chi connectivity index (χ0v) is 17.1. The molecule has 0 fully saturated rings. The van der Waals surface area contributed by atoms with Gasteiger partial charge in [-0.15, -0.1) is 0 Å². The van der Waals surface area contributed by atoms with Crippen molar-refractivity contribution >= 4 is 28.9 Å². The number of rotatable bonds is 8. The van der Waals surface area contributed by atoms with Crippen LogP contribution in [-0.4, -0.2) is 17.6 Å². The third-order valence-corrected chi connectivity index (χ3v) is 4.66. The van der Waals surface area contributed by atoms with Crippen LogP contribution in [0.1, 0.15) is 61.9 Å². The average Bonchev–Trinajstić information content (AvgIpc) is 2.68. The summed E-state index contributed by atoms with van der Waals surface area (Å²) in [5.74, 6) is 1.05. The van der Waals surface area contributed by atoms with Crippen molar-refractivity contribution in [2.24, 2.45) is 0 Å². The van der Waals surface area contributed by atoms with Gasteiger partial charge in [0.15, 0.2) is 5.11 Å². The lowest BCUT2D eigenvalue weighted by Gasteiger charge is -2.12. The molecule has 0 aliphatic rings. The molecule has 144 valence electrons. The highest BCUT2D eigenvalue weighted by Crippen LogP contribution is 2.20. The van der Waals surface area contributed by atoms with Gasteiger partial charge >= 0.3 is 0 Å². The van der Waals surface area contributed by atoms with E-state index < -0.39 is 0 Å². The van der Waals surface area contributed by atoms with Gasteiger partial charge in [-0.2, -0.15) is 0 Å². The summed E-state index contributed by atoms with van der Waals surface area (Å²) in [5.41, 5.74) is 2.68. The van der Waals surface area contributed by atoms with Crippen LogP contribution >= 0.6 is 12.2 Å². The number of thiocarbonyl (C=S) groups is 1. The maximum Gasteiger partial charge on any atom is 0.257 e. The van der Waals surface area contributed by atoms with Crippen LogP contribution in [0.3, 0.4) is 0 Å². The second-order valence-electron chi connectivity index (χ2n) is 6.57. The molecular formula is C22H28N2O2S. The molecule has 0 saturated heterocycles. The number of benzene rings is 2. The molecule has 0 heterocycles. The Morgan fingerprint density at radius 3 is 2.33 bits per heavy atom. The van der Waals surface area contributed by atoms with Gasteiger partial charge in [0, 0.05) is 11.3 Å². The Balaban J connectivity index is 1.86. The molecule has 1 amide bonds. The quantitative estimate of drug-likeness (QED) is 0.466. The van der Waals surface area contributed by atoms with Gasteiger partial charge in [0.05, 0.1) is 6.61 Å². The molecule has 2 aromatic carbocycles. The SMILES string of the molecule is CCCCOc1ccc(C(=O)NC(=S)Nc2ccc([C@@H](C)CC)cc2)cc1. The van der Waals surface area contributed by atoms with E-state index in [0.29, 0.717) is 18.1 Å². The van der Waals surface area contributed by atoms with E-state index in [0.717, 1.165) is 30.7 Å². The second kappa shape index (κ2) is 10.7. The summed E-state index contributed by atoms with van der Waals surface area (Å²) >= 11 is 5.25. The normalized spacial score (nSPS) is 11.5. The number of carbonyl (C=O) groups excluding carboxylic acids is 1. The summed E-state index contributed by atoms with van der Waals surface area (Å²) < 4.78 is 5.61. The van der Waals surface area contributed by atoms with Gasteiger partial charge < -0.3 is 10.1 Å². The maximum atomic E-state index is 12.3. The van der Waals surface area contributed by atoms with Crippen molar-refractivity contribution in [2.75, 3.05) is 11.9 Å². The number of nitrogens with one attached hydrogen (secondary N) is 2.